The molecule has 0 amide bonds. The molecule has 1 N–H and O–H groups in total. The third-order valence-electron chi connectivity index (χ3n) is 3.90. The lowest BCUT2D eigenvalue weighted by molar-refractivity contribution is -0.145. The fraction of sp³-hybridized carbons (Fsp3) is 0.381. The second-order valence-corrected chi connectivity index (χ2v) is 6.97. The monoisotopic (exact) mass is 342 g/mol. The number of aliphatic carboxylic acids is 1. The third-order valence-corrected chi connectivity index (χ3v) is 3.90. The van der Waals surface area contributed by atoms with Gasteiger partial charge in [-0.3, -0.25) is 0 Å². The molecule has 134 valence electrons. The quantitative estimate of drug-likeness (QED) is 0.807. The van der Waals surface area contributed by atoms with Crippen LogP contribution in [0, 0.1) is 0 Å². The van der Waals surface area contributed by atoms with E-state index in [2.05, 4.69) is 20.8 Å². The van der Waals surface area contributed by atoms with Crippen molar-refractivity contribution < 1.29 is 19.4 Å². The molecular weight excluding hydrogens is 316 g/mol. The molecule has 25 heavy (non-hydrogen) atoms. The van der Waals surface area contributed by atoms with Crippen LogP contribution in [-0.4, -0.2) is 23.8 Å². The summed E-state index contributed by atoms with van der Waals surface area (Å²) in [5.41, 5.74) is 1.76. The van der Waals surface area contributed by atoms with E-state index in [4.69, 9.17) is 9.47 Å². The summed E-state index contributed by atoms with van der Waals surface area (Å²) in [7, 11) is 0. The summed E-state index contributed by atoms with van der Waals surface area (Å²) in [6, 6.07) is 15.1. The molecule has 4 nitrogen and oxygen atoms in total. The van der Waals surface area contributed by atoms with Gasteiger partial charge in [-0.2, -0.15) is 0 Å². The van der Waals surface area contributed by atoms with Gasteiger partial charge in [0.2, 0.25) is 0 Å². The van der Waals surface area contributed by atoms with Crippen LogP contribution >= 0.6 is 0 Å². The summed E-state index contributed by atoms with van der Waals surface area (Å²) in [5.74, 6) is 0.419. The van der Waals surface area contributed by atoms with E-state index in [1.54, 1.807) is 0 Å². The predicted octanol–water partition coefficient (Wildman–Crippen LogP) is 4.46. The smallest absolute Gasteiger partial charge is 0.345 e. The van der Waals surface area contributed by atoms with Crippen LogP contribution in [0.4, 0.5) is 0 Å². The van der Waals surface area contributed by atoms with E-state index in [9.17, 15) is 9.90 Å². The fourth-order valence-electron chi connectivity index (χ4n) is 2.62. The van der Waals surface area contributed by atoms with Gasteiger partial charge in [0.15, 0.2) is 6.10 Å². The Morgan fingerprint density at radius 3 is 2.28 bits per heavy atom. The van der Waals surface area contributed by atoms with Gasteiger partial charge in [0.25, 0.3) is 0 Å². The Balaban J connectivity index is 2.18. The summed E-state index contributed by atoms with van der Waals surface area (Å²) < 4.78 is 11.3. The minimum Gasteiger partial charge on any atom is -0.494 e. The van der Waals surface area contributed by atoms with Crippen molar-refractivity contribution in [3.05, 3.63) is 59.7 Å². The first kappa shape index (κ1) is 18.8. The number of rotatable bonds is 7. The summed E-state index contributed by atoms with van der Waals surface area (Å²) in [5, 5.41) is 9.58. The number of ether oxygens (including phenoxy) is 2. The number of carboxylic acids is 1. The van der Waals surface area contributed by atoms with Gasteiger partial charge in [-0.1, -0.05) is 51.1 Å². The van der Waals surface area contributed by atoms with E-state index < -0.39 is 12.1 Å². The fourth-order valence-corrected chi connectivity index (χ4v) is 2.62. The molecular formula is C21H26O4. The van der Waals surface area contributed by atoms with E-state index in [1.165, 1.54) is 0 Å². The SMILES string of the molecule is CCOc1ccc(C[C@H](Oc2ccccc2C(C)(C)C)C(=O)O)cc1. The second-order valence-electron chi connectivity index (χ2n) is 6.97. The van der Waals surface area contributed by atoms with Crippen LogP contribution in [0.25, 0.3) is 0 Å². The lowest BCUT2D eigenvalue weighted by Gasteiger charge is -2.24. The van der Waals surface area contributed by atoms with E-state index in [1.807, 2.05) is 55.5 Å². The number of hydrogen-bond acceptors (Lipinski definition) is 3. The number of carbonyl (C=O) groups is 1. The molecule has 0 bridgehead atoms. The van der Waals surface area contributed by atoms with Crippen molar-refractivity contribution in [3.63, 3.8) is 0 Å². The lowest BCUT2D eigenvalue weighted by atomic mass is 9.86. The molecule has 0 heterocycles. The van der Waals surface area contributed by atoms with Gasteiger partial charge in [0.1, 0.15) is 11.5 Å². The highest BCUT2D eigenvalue weighted by Crippen LogP contribution is 2.32. The molecule has 0 aromatic heterocycles. The van der Waals surface area contributed by atoms with Crippen molar-refractivity contribution in [1.29, 1.82) is 0 Å². The van der Waals surface area contributed by atoms with Gasteiger partial charge < -0.3 is 14.6 Å². The Kier molecular flexibility index (Phi) is 6.07. The van der Waals surface area contributed by atoms with Crippen LogP contribution in [0.1, 0.15) is 38.8 Å². The zero-order valence-corrected chi connectivity index (χ0v) is 15.3. The second kappa shape index (κ2) is 8.06. The molecule has 1 atom stereocenters. The van der Waals surface area contributed by atoms with Crippen molar-refractivity contribution in [3.8, 4) is 11.5 Å². The van der Waals surface area contributed by atoms with Gasteiger partial charge in [-0.15, -0.1) is 0 Å². The summed E-state index contributed by atoms with van der Waals surface area (Å²) in [6.45, 7) is 8.77. The van der Waals surface area contributed by atoms with Crippen LogP contribution in [0.3, 0.4) is 0 Å². The van der Waals surface area contributed by atoms with Gasteiger partial charge >= 0.3 is 5.97 Å². The highest BCUT2D eigenvalue weighted by molar-refractivity contribution is 5.73. The number of hydrogen-bond donors (Lipinski definition) is 1. The standard InChI is InChI=1S/C21H26O4/c1-5-24-16-12-10-15(11-13-16)14-19(20(22)23)25-18-9-7-6-8-17(18)21(2,3)4/h6-13,19H,5,14H2,1-4H3,(H,22,23)/t19-/m0/s1. The summed E-state index contributed by atoms with van der Waals surface area (Å²) >= 11 is 0. The van der Waals surface area contributed by atoms with Gasteiger partial charge in [0.05, 0.1) is 6.61 Å². The van der Waals surface area contributed by atoms with Gasteiger partial charge in [-0.25, -0.2) is 4.79 Å². The normalized spacial score (nSPS) is 12.5. The molecule has 0 saturated heterocycles. The zero-order chi connectivity index (χ0) is 18.4. The van der Waals surface area contributed by atoms with E-state index in [-0.39, 0.29) is 5.41 Å². The van der Waals surface area contributed by atoms with Crippen LogP contribution in [0.2, 0.25) is 0 Å². The van der Waals surface area contributed by atoms with Gasteiger partial charge in [-0.05, 0) is 41.7 Å². The Bertz CT molecular complexity index is 699. The van der Waals surface area contributed by atoms with Crippen molar-refractivity contribution in [2.75, 3.05) is 6.61 Å². The molecule has 0 aliphatic carbocycles. The average molecular weight is 342 g/mol. The number of carboxylic acid groups (broad SMARTS) is 1. The molecule has 2 aromatic carbocycles. The van der Waals surface area contributed by atoms with E-state index >= 15 is 0 Å². The minimum atomic E-state index is -0.974. The zero-order valence-electron chi connectivity index (χ0n) is 15.3. The number of para-hydroxylation sites is 1. The molecule has 0 unspecified atom stereocenters. The van der Waals surface area contributed by atoms with Crippen molar-refractivity contribution in [2.45, 2.75) is 45.6 Å². The molecule has 2 aromatic rings. The third kappa shape index (κ3) is 5.24. The maximum absolute atomic E-state index is 11.7. The van der Waals surface area contributed by atoms with Crippen LogP contribution in [0.15, 0.2) is 48.5 Å². The molecule has 0 radical (unpaired) electrons. The van der Waals surface area contributed by atoms with Crippen LogP contribution in [-0.2, 0) is 16.6 Å². The molecule has 0 fully saturated rings. The van der Waals surface area contributed by atoms with E-state index in [0.717, 1.165) is 16.9 Å². The predicted molar refractivity (Wildman–Crippen MR) is 98.5 cm³/mol. The lowest BCUT2D eigenvalue weighted by Crippen LogP contribution is -2.30. The number of benzene rings is 2. The highest BCUT2D eigenvalue weighted by Gasteiger charge is 2.24. The summed E-state index contributed by atoms with van der Waals surface area (Å²) in [4.78, 5) is 11.7. The largest absolute Gasteiger partial charge is 0.494 e. The first-order valence-corrected chi connectivity index (χ1v) is 8.52. The minimum absolute atomic E-state index is 0.126. The van der Waals surface area contributed by atoms with Crippen molar-refractivity contribution in [1.82, 2.24) is 0 Å². The highest BCUT2D eigenvalue weighted by atomic mass is 16.5. The molecule has 0 spiro atoms. The molecule has 0 saturated carbocycles. The topological polar surface area (TPSA) is 55.8 Å². The first-order chi connectivity index (χ1) is 11.8. The Morgan fingerprint density at radius 2 is 1.72 bits per heavy atom. The van der Waals surface area contributed by atoms with Crippen molar-refractivity contribution in [2.24, 2.45) is 0 Å². The average Bonchev–Trinajstić information content (AvgIpc) is 2.55. The van der Waals surface area contributed by atoms with Crippen LogP contribution < -0.4 is 9.47 Å². The first-order valence-electron chi connectivity index (χ1n) is 8.52. The Morgan fingerprint density at radius 1 is 1.08 bits per heavy atom. The molecule has 0 aliphatic rings. The van der Waals surface area contributed by atoms with Gasteiger partial charge in [0, 0.05) is 6.42 Å². The Hall–Kier alpha value is -2.49. The molecule has 4 heteroatoms. The molecule has 2 rings (SSSR count). The summed E-state index contributed by atoms with van der Waals surface area (Å²) in [6.07, 6.45) is -0.651. The Labute approximate surface area is 149 Å². The molecule has 0 aliphatic heterocycles. The van der Waals surface area contributed by atoms with Crippen molar-refractivity contribution >= 4 is 5.97 Å². The van der Waals surface area contributed by atoms with E-state index in [0.29, 0.717) is 18.8 Å². The maximum atomic E-state index is 11.7. The van der Waals surface area contributed by atoms with Crippen LogP contribution in [0.5, 0.6) is 11.5 Å². The maximum Gasteiger partial charge on any atom is 0.345 e.